The number of aliphatic hydroxyl groups excluding tert-OH is 1. The number of carbonyl (C=O) groups excluding carboxylic acids is 1. The maximum absolute atomic E-state index is 11.9. The summed E-state index contributed by atoms with van der Waals surface area (Å²) >= 11 is 0. The Labute approximate surface area is 115 Å². The van der Waals surface area contributed by atoms with Gasteiger partial charge in [-0.1, -0.05) is 18.2 Å². The summed E-state index contributed by atoms with van der Waals surface area (Å²) in [6.07, 6.45) is 1.12. The lowest BCUT2D eigenvalue weighted by Crippen LogP contribution is -2.37. The maximum Gasteiger partial charge on any atom is 0.225 e. The van der Waals surface area contributed by atoms with Gasteiger partial charge in [-0.2, -0.15) is 0 Å². The van der Waals surface area contributed by atoms with Crippen LogP contribution in [0.25, 0.3) is 0 Å². The summed E-state index contributed by atoms with van der Waals surface area (Å²) in [7, 11) is 0. The molecule has 1 unspecified atom stereocenters. The van der Waals surface area contributed by atoms with Gasteiger partial charge in [0.2, 0.25) is 5.91 Å². The third-order valence-corrected chi connectivity index (χ3v) is 3.04. The smallest absolute Gasteiger partial charge is 0.225 e. The highest BCUT2D eigenvalue weighted by atomic mass is 16.3. The molecule has 3 N–H and O–H groups in total. The van der Waals surface area contributed by atoms with Gasteiger partial charge in [0.05, 0.1) is 0 Å². The fourth-order valence-corrected chi connectivity index (χ4v) is 2.01. The molecule has 0 aliphatic carbocycles. The van der Waals surface area contributed by atoms with Crippen molar-refractivity contribution in [3.8, 4) is 0 Å². The van der Waals surface area contributed by atoms with Crippen molar-refractivity contribution in [1.82, 2.24) is 5.32 Å². The summed E-state index contributed by atoms with van der Waals surface area (Å²) < 4.78 is 0. The van der Waals surface area contributed by atoms with Gasteiger partial charge in [0.25, 0.3) is 0 Å². The molecular formula is C15H24N2O2. The highest BCUT2D eigenvalue weighted by molar-refractivity contribution is 5.91. The zero-order valence-corrected chi connectivity index (χ0v) is 11.9. The minimum absolute atomic E-state index is 0.00509. The van der Waals surface area contributed by atoms with E-state index in [1.165, 1.54) is 0 Å². The molecule has 1 rings (SSSR count). The third-order valence-electron chi connectivity index (χ3n) is 3.04. The molecule has 0 aliphatic rings. The van der Waals surface area contributed by atoms with E-state index < -0.39 is 0 Å². The van der Waals surface area contributed by atoms with Gasteiger partial charge in [-0.3, -0.25) is 4.79 Å². The van der Waals surface area contributed by atoms with Crippen LogP contribution >= 0.6 is 0 Å². The second-order valence-corrected chi connectivity index (χ2v) is 5.05. The van der Waals surface area contributed by atoms with E-state index in [9.17, 15) is 4.79 Å². The van der Waals surface area contributed by atoms with Crippen LogP contribution in [0.3, 0.4) is 0 Å². The van der Waals surface area contributed by atoms with Crippen molar-refractivity contribution >= 4 is 11.6 Å². The van der Waals surface area contributed by atoms with Crippen molar-refractivity contribution in [3.05, 3.63) is 29.8 Å². The Bertz CT molecular complexity index is 407. The minimum Gasteiger partial charge on any atom is -0.396 e. The minimum atomic E-state index is 0.00509. The fraction of sp³-hybridized carbons (Fsp3) is 0.533. The molecule has 106 valence electrons. The summed E-state index contributed by atoms with van der Waals surface area (Å²) in [5.41, 5.74) is 1.92. The second kappa shape index (κ2) is 7.92. The number of hydrogen-bond acceptors (Lipinski definition) is 3. The van der Waals surface area contributed by atoms with E-state index in [4.69, 9.17) is 5.11 Å². The SMILES string of the molecule is Cc1ccccc1NC(=O)CC(C)N[C@H](C)CCO. The predicted octanol–water partition coefficient (Wildman–Crippen LogP) is 2.07. The van der Waals surface area contributed by atoms with Crippen LogP contribution in [0.5, 0.6) is 0 Å². The second-order valence-electron chi connectivity index (χ2n) is 5.05. The molecule has 19 heavy (non-hydrogen) atoms. The molecule has 0 saturated carbocycles. The van der Waals surface area contributed by atoms with E-state index in [2.05, 4.69) is 10.6 Å². The Morgan fingerprint density at radius 3 is 2.58 bits per heavy atom. The molecular weight excluding hydrogens is 240 g/mol. The molecule has 4 heteroatoms. The Hall–Kier alpha value is -1.39. The van der Waals surface area contributed by atoms with Crippen LogP contribution in [0.1, 0.15) is 32.3 Å². The van der Waals surface area contributed by atoms with Gasteiger partial charge in [-0.15, -0.1) is 0 Å². The molecule has 1 aromatic rings. The molecule has 0 fully saturated rings. The van der Waals surface area contributed by atoms with Crippen LogP contribution in [0.4, 0.5) is 5.69 Å². The van der Waals surface area contributed by atoms with Crippen molar-refractivity contribution < 1.29 is 9.90 Å². The monoisotopic (exact) mass is 264 g/mol. The molecule has 0 aromatic heterocycles. The zero-order valence-electron chi connectivity index (χ0n) is 11.9. The van der Waals surface area contributed by atoms with E-state index in [1.807, 2.05) is 45.0 Å². The number of aliphatic hydroxyl groups is 1. The number of para-hydroxylation sites is 1. The van der Waals surface area contributed by atoms with Gasteiger partial charge in [0.15, 0.2) is 0 Å². The largest absolute Gasteiger partial charge is 0.396 e. The van der Waals surface area contributed by atoms with E-state index in [1.54, 1.807) is 0 Å². The highest BCUT2D eigenvalue weighted by Gasteiger charge is 2.12. The van der Waals surface area contributed by atoms with Crippen LogP contribution in [-0.4, -0.2) is 29.7 Å². The first-order valence-corrected chi connectivity index (χ1v) is 6.75. The average molecular weight is 264 g/mol. The van der Waals surface area contributed by atoms with E-state index in [0.717, 1.165) is 11.3 Å². The third kappa shape index (κ3) is 5.85. The van der Waals surface area contributed by atoms with Crippen molar-refractivity contribution in [3.63, 3.8) is 0 Å². The molecule has 0 aliphatic heterocycles. The summed E-state index contributed by atoms with van der Waals surface area (Å²) in [4.78, 5) is 11.9. The molecule has 0 saturated heterocycles. The van der Waals surface area contributed by atoms with Gasteiger partial charge in [-0.25, -0.2) is 0 Å². The molecule has 2 atom stereocenters. The lowest BCUT2D eigenvalue weighted by atomic mass is 10.1. The molecule has 1 aromatic carbocycles. The summed E-state index contributed by atoms with van der Waals surface area (Å²) in [5, 5.41) is 15.0. The Kier molecular flexibility index (Phi) is 6.53. The molecule has 4 nitrogen and oxygen atoms in total. The van der Waals surface area contributed by atoms with Gasteiger partial charge in [0, 0.05) is 30.8 Å². The van der Waals surface area contributed by atoms with E-state index in [0.29, 0.717) is 12.8 Å². The zero-order chi connectivity index (χ0) is 14.3. The first kappa shape index (κ1) is 15.7. The first-order valence-electron chi connectivity index (χ1n) is 6.75. The summed E-state index contributed by atoms with van der Waals surface area (Å²) in [6, 6.07) is 8.04. The number of carbonyl (C=O) groups is 1. The normalized spacial score (nSPS) is 13.9. The van der Waals surface area contributed by atoms with Crippen LogP contribution in [-0.2, 0) is 4.79 Å². The summed E-state index contributed by atoms with van der Waals surface area (Å²) in [6.45, 7) is 6.12. The number of rotatable bonds is 7. The van der Waals surface area contributed by atoms with Crippen LogP contribution in [0.2, 0.25) is 0 Å². The standard InChI is InChI=1S/C15H24N2O2/c1-11-6-4-5-7-14(11)17-15(19)10-13(3)16-12(2)8-9-18/h4-7,12-13,16,18H,8-10H2,1-3H3,(H,17,19)/t12-,13?/m1/s1. The van der Waals surface area contributed by atoms with Crippen LogP contribution in [0.15, 0.2) is 24.3 Å². The predicted molar refractivity (Wildman–Crippen MR) is 78.2 cm³/mol. The molecule has 0 radical (unpaired) electrons. The fourth-order valence-electron chi connectivity index (χ4n) is 2.01. The number of nitrogens with one attached hydrogen (secondary N) is 2. The van der Waals surface area contributed by atoms with Gasteiger partial charge in [0.1, 0.15) is 0 Å². The maximum atomic E-state index is 11.9. The number of amides is 1. The van der Waals surface area contributed by atoms with E-state index in [-0.39, 0.29) is 24.6 Å². The number of benzene rings is 1. The molecule has 0 spiro atoms. The lowest BCUT2D eigenvalue weighted by Gasteiger charge is -2.19. The van der Waals surface area contributed by atoms with Crippen molar-refractivity contribution in [2.45, 2.75) is 45.7 Å². The van der Waals surface area contributed by atoms with Crippen molar-refractivity contribution in [2.75, 3.05) is 11.9 Å². The number of aryl methyl sites for hydroxylation is 1. The van der Waals surface area contributed by atoms with Gasteiger partial charge in [-0.05, 0) is 38.8 Å². The number of hydrogen-bond donors (Lipinski definition) is 3. The van der Waals surface area contributed by atoms with Crippen LogP contribution < -0.4 is 10.6 Å². The van der Waals surface area contributed by atoms with Crippen molar-refractivity contribution in [2.24, 2.45) is 0 Å². The Morgan fingerprint density at radius 1 is 1.26 bits per heavy atom. The first-order chi connectivity index (χ1) is 9.02. The van der Waals surface area contributed by atoms with Crippen molar-refractivity contribution in [1.29, 1.82) is 0 Å². The highest BCUT2D eigenvalue weighted by Crippen LogP contribution is 2.13. The van der Waals surface area contributed by atoms with Gasteiger partial charge < -0.3 is 15.7 Å². The Morgan fingerprint density at radius 2 is 1.95 bits per heavy atom. The van der Waals surface area contributed by atoms with E-state index >= 15 is 0 Å². The average Bonchev–Trinajstić information content (AvgIpc) is 2.31. The molecule has 0 heterocycles. The van der Waals surface area contributed by atoms with Crippen LogP contribution in [0, 0.1) is 6.92 Å². The number of anilines is 1. The summed E-state index contributed by atoms with van der Waals surface area (Å²) in [5.74, 6) is 0.00509. The topological polar surface area (TPSA) is 61.4 Å². The quantitative estimate of drug-likeness (QED) is 0.706. The molecule has 0 bridgehead atoms. The molecule has 1 amide bonds. The Balaban J connectivity index is 2.41. The lowest BCUT2D eigenvalue weighted by molar-refractivity contribution is -0.116. The van der Waals surface area contributed by atoms with Gasteiger partial charge >= 0.3 is 0 Å².